The van der Waals surface area contributed by atoms with Gasteiger partial charge in [0.2, 0.25) is 5.91 Å². The number of carbonyl (C=O) groups is 2. The minimum Gasteiger partial charge on any atom is -0.465 e. The molecule has 0 atom stereocenters. The predicted molar refractivity (Wildman–Crippen MR) is 119 cm³/mol. The van der Waals surface area contributed by atoms with E-state index >= 15 is 0 Å². The van der Waals surface area contributed by atoms with Crippen molar-refractivity contribution in [3.63, 3.8) is 0 Å². The Labute approximate surface area is 186 Å². The van der Waals surface area contributed by atoms with E-state index in [0.717, 1.165) is 40.2 Å². The molecule has 1 aliphatic heterocycles. The SMILES string of the molecule is COC(=O)c1c(S(=O)(=O)Nc2cccc(C)c2C)sc2c1CCN(C(=O)C1(C)CC1)C2. The number of rotatable bonds is 5. The number of nitrogens with zero attached hydrogens (tertiary/aromatic N) is 1. The molecule has 1 aromatic carbocycles. The van der Waals surface area contributed by atoms with Gasteiger partial charge in [-0.05, 0) is 55.9 Å². The average molecular weight is 463 g/mol. The molecule has 2 heterocycles. The largest absolute Gasteiger partial charge is 0.465 e. The molecule has 9 heteroatoms. The molecule has 0 bridgehead atoms. The van der Waals surface area contributed by atoms with Crippen LogP contribution in [-0.4, -0.2) is 38.8 Å². The summed E-state index contributed by atoms with van der Waals surface area (Å²) in [4.78, 5) is 27.9. The van der Waals surface area contributed by atoms with Gasteiger partial charge in [-0.15, -0.1) is 11.3 Å². The van der Waals surface area contributed by atoms with E-state index in [1.807, 2.05) is 26.8 Å². The number of fused-ring (bicyclic) bond motifs is 1. The number of esters is 1. The van der Waals surface area contributed by atoms with Gasteiger partial charge < -0.3 is 9.64 Å². The van der Waals surface area contributed by atoms with Crippen LogP contribution in [0.15, 0.2) is 22.4 Å². The summed E-state index contributed by atoms with van der Waals surface area (Å²) in [5.74, 6) is -0.572. The highest BCUT2D eigenvalue weighted by Crippen LogP contribution is 2.47. The van der Waals surface area contributed by atoms with Crippen LogP contribution < -0.4 is 4.72 Å². The molecular formula is C22H26N2O5S2. The number of hydrogen-bond acceptors (Lipinski definition) is 6. The van der Waals surface area contributed by atoms with Crippen molar-refractivity contribution in [1.29, 1.82) is 0 Å². The summed E-state index contributed by atoms with van der Waals surface area (Å²) in [5, 5.41) is 0. The minimum atomic E-state index is -4.02. The van der Waals surface area contributed by atoms with Crippen molar-refractivity contribution in [3.05, 3.63) is 45.3 Å². The molecule has 0 saturated heterocycles. The fourth-order valence-electron chi connectivity index (χ4n) is 3.89. The van der Waals surface area contributed by atoms with E-state index in [4.69, 9.17) is 4.74 Å². The summed E-state index contributed by atoms with van der Waals surface area (Å²) < 4.78 is 34.1. The van der Waals surface area contributed by atoms with Crippen LogP contribution >= 0.6 is 11.3 Å². The Hall–Kier alpha value is -2.39. The van der Waals surface area contributed by atoms with Crippen molar-refractivity contribution in [3.8, 4) is 0 Å². The summed E-state index contributed by atoms with van der Waals surface area (Å²) in [5.41, 5.74) is 2.72. The van der Waals surface area contributed by atoms with Crippen LogP contribution in [0.1, 0.15) is 51.7 Å². The maximum Gasteiger partial charge on any atom is 0.340 e. The van der Waals surface area contributed by atoms with Crippen molar-refractivity contribution in [2.75, 3.05) is 18.4 Å². The second-order valence-corrected chi connectivity index (χ2v) is 11.5. The molecule has 2 aromatic rings. The second kappa shape index (κ2) is 7.63. The van der Waals surface area contributed by atoms with Crippen LogP contribution in [0.5, 0.6) is 0 Å². The molecule has 0 spiro atoms. The number of sulfonamides is 1. The van der Waals surface area contributed by atoms with Crippen LogP contribution in [0, 0.1) is 19.3 Å². The fraction of sp³-hybridized carbons (Fsp3) is 0.455. The topological polar surface area (TPSA) is 92.8 Å². The molecule has 7 nitrogen and oxygen atoms in total. The highest BCUT2D eigenvalue weighted by atomic mass is 32.2. The highest BCUT2D eigenvalue weighted by Gasteiger charge is 2.48. The van der Waals surface area contributed by atoms with E-state index in [2.05, 4.69) is 4.72 Å². The lowest BCUT2D eigenvalue weighted by atomic mass is 10.0. The van der Waals surface area contributed by atoms with Gasteiger partial charge >= 0.3 is 5.97 Å². The average Bonchev–Trinajstić information content (AvgIpc) is 3.36. The van der Waals surface area contributed by atoms with E-state index in [9.17, 15) is 18.0 Å². The van der Waals surface area contributed by atoms with Crippen LogP contribution in [0.2, 0.25) is 0 Å². The lowest BCUT2D eigenvalue weighted by Crippen LogP contribution is -2.39. The van der Waals surface area contributed by atoms with Crippen LogP contribution in [-0.2, 0) is 32.5 Å². The van der Waals surface area contributed by atoms with E-state index < -0.39 is 16.0 Å². The maximum atomic E-state index is 13.3. The summed E-state index contributed by atoms with van der Waals surface area (Å²) in [6, 6.07) is 5.38. The van der Waals surface area contributed by atoms with E-state index in [1.54, 1.807) is 17.0 Å². The van der Waals surface area contributed by atoms with E-state index in [1.165, 1.54) is 7.11 Å². The van der Waals surface area contributed by atoms with Crippen molar-refractivity contribution in [2.24, 2.45) is 5.41 Å². The van der Waals surface area contributed by atoms with Crippen molar-refractivity contribution < 1.29 is 22.7 Å². The zero-order valence-corrected chi connectivity index (χ0v) is 19.7. The number of benzene rings is 1. The third kappa shape index (κ3) is 3.85. The minimum absolute atomic E-state index is 0.0582. The number of thiophene rings is 1. The number of carbonyl (C=O) groups excluding carboxylic acids is 2. The molecule has 1 saturated carbocycles. The highest BCUT2D eigenvalue weighted by molar-refractivity contribution is 7.94. The Kier molecular flexibility index (Phi) is 5.37. The van der Waals surface area contributed by atoms with Crippen molar-refractivity contribution in [1.82, 2.24) is 4.90 Å². The molecule has 4 rings (SSSR count). The van der Waals surface area contributed by atoms with Gasteiger partial charge in [0.15, 0.2) is 4.21 Å². The summed E-state index contributed by atoms with van der Waals surface area (Å²) in [6.07, 6.45) is 2.19. The number of amides is 1. The van der Waals surface area contributed by atoms with Gasteiger partial charge in [-0.2, -0.15) is 0 Å². The van der Waals surface area contributed by atoms with Crippen molar-refractivity contribution >= 4 is 38.9 Å². The number of nitrogens with one attached hydrogen (secondary N) is 1. The van der Waals surface area contributed by atoms with E-state index in [-0.39, 0.29) is 21.1 Å². The number of ether oxygens (including phenoxy) is 1. The molecule has 0 radical (unpaired) electrons. The Morgan fingerprint density at radius 3 is 2.58 bits per heavy atom. The maximum absolute atomic E-state index is 13.3. The van der Waals surface area contributed by atoms with Crippen LogP contribution in [0.25, 0.3) is 0 Å². The third-order valence-electron chi connectivity index (χ3n) is 6.31. The smallest absolute Gasteiger partial charge is 0.340 e. The Morgan fingerprint density at radius 2 is 1.94 bits per heavy atom. The summed E-state index contributed by atoms with van der Waals surface area (Å²) in [7, 11) is -2.78. The molecule has 0 unspecified atom stereocenters. The normalized spacial score (nSPS) is 17.1. The lowest BCUT2D eigenvalue weighted by Gasteiger charge is -2.29. The Bertz CT molecular complexity index is 1180. The van der Waals surface area contributed by atoms with Gasteiger partial charge in [0.25, 0.3) is 10.0 Å². The predicted octanol–water partition coefficient (Wildman–Crippen LogP) is 3.64. The van der Waals surface area contributed by atoms with Gasteiger partial charge in [0.1, 0.15) is 0 Å². The molecular weight excluding hydrogens is 436 g/mol. The molecule has 1 aromatic heterocycles. The first-order valence-electron chi connectivity index (χ1n) is 10.2. The number of methoxy groups -OCH3 is 1. The third-order valence-corrected chi connectivity index (χ3v) is 9.41. The van der Waals surface area contributed by atoms with E-state index in [0.29, 0.717) is 30.8 Å². The molecule has 31 heavy (non-hydrogen) atoms. The van der Waals surface area contributed by atoms with Gasteiger partial charge in [-0.25, -0.2) is 13.2 Å². The Morgan fingerprint density at radius 1 is 1.23 bits per heavy atom. The molecule has 1 N–H and O–H groups in total. The standard InChI is InChI=1S/C22H26N2O5S2/c1-13-6-5-7-16(14(13)2)23-31(27,28)20-18(19(25)29-4)15-8-11-24(12-17(15)30-20)21(26)22(3)9-10-22/h5-7,23H,8-12H2,1-4H3. The second-order valence-electron chi connectivity index (χ2n) is 8.55. The number of hydrogen-bond donors (Lipinski definition) is 1. The lowest BCUT2D eigenvalue weighted by molar-refractivity contribution is -0.137. The quantitative estimate of drug-likeness (QED) is 0.685. The van der Waals surface area contributed by atoms with Crippen LogP contribution in [0.4, 0.5) is 5.69 Å². The monoisotopic (exact) mass is 462 g/mol. The molecule has 1 fully saturated rings. The molecule has 166 valence electrons. The molecule has 2 aliphatic rings. The van der Waals surface area contributed by atoms with Gasteiger partial charge in [-0.3, -0.25) is 9.52 Å². The summed E-state index contributed by atoms with van der Waals surface area (Å²) in [6.45, 7) is 6.49. The van der Waals surface area contributed by atoms with Crippen LogP contribution in [0.3, 0.4) is 0 Å². The number of anilines is 1. The first-order chi connectivity index (χ1) is 14.6. The van der Waals surface area contributed by atoms with Gasteiger partial charge in [-0.1, -0.05) is 19.1 Å². The number of aryl methyl sites for hydroxylation is 1. The zero-order chi connectivity index (χ0) is 22.6. The van der Waals surface area contributed by atoms with Gasteiger partial charge in [0.05, 0.1) is 24.9 Å². The molecule has 1 amide bonds. The first-order valence-corrected chi connectivity index (χ1v) is 12.5. The fourth-order valence-corrected chi connectivity index (χ4v) is 6.91. The van der Waals surface area contributed by atoms with Crippen molar-refractivity contribution in [2.45, 2.75) is 50.8 Å². The molecule has 1 aliphatic carbocycles. The summed E-state index contributed by atoms with van der Waals surface area (Å²) >= 11 is 1.05. The first kappa shape index (κ1) is 21.8. The van der Waals surface area contributed by atoms with Gasteiger partial charge in [0, 0.05) is 16.8 Å². The Balaban J connectivity index is 1.72. The zero-order valence-electron chi connectivity index (χ0n) is 18.1.